The van der Waals surface area contributed by atoms with Crippen molar-refractivity contribution in [1.82, 2.24) is 0 Å². The van der Waals surface area contributed by atoms with Crippen molar-refractivity contribution in [2.75, 3.05) is 25.4 Å². The molecule has 0 amide bonds. The summed E-state index contributed by atoms with van der Waals surface area (Å²) in [5, 5.41) is 0. The van der Waals surface area contributed by atoms with E-state index in [9.17, 15) is 9.59 Å². The van der Waals surface area contributed by atoms with Gasteiger partial charge in [-0.05, 0) is 42.2 Å². The van der Waals surface area contributed by atoms with E-state index in [2.05, 4.69) is 0 Å². The second kappa shape index (κ2) is 9.30. The molecule has 3 rings (SSSR count). The van der Waals surface area contributed by atoms with Gasteiger partial charge in [-0.25, -0.2) is 9.59 Å². The van der Waals surface area contributed by atoms with E-state index in [1.54, 1.807) is 41.1 Å². The highest BCUT2D eigenvalue weighted by Crippen LogP contribution is 2.35. The van der Waals surface area contributed by atoms with Crippen LogP contribution in [0.2, 0.25) is 0 Å². The number of anilines is 1. The maximum atomic E-state index is 12.7. The monoisotopic (exact) mass is 407 g/mol. The molecular weight excluding hydrogens is 386 g/mol. The van der Waals surface area contributed by atoms with E-state index >= 15 is 0 Å². The number of ether oxygens (including phenoxy) is 2. The fourth-order valence-corrected chi connectivity index (χ4v) is 3.46. The van der Waals surface area contributed by atoms with Crippen LogP contribution in [0.3, 0.4) is 0 Å². The summed E-state index contributed by atoms with van der Waals surface area (Å²) in [5.74, 6) is -1.24. The number of rotatable bonds is 5. The minimum Gasteiger partial charge on any atom is -0.465 e. The lowest BCUT2D eigenvalue weighted by Gasteiger charge is -2.25. The van der Waals surface area contributed by atoms with Gasteiger partial charge in [-0.1, -0.05) is 36.4 Å². The molecule has 1 aliphatic rings. The summed E-state index contributed by atoms with van der Waals surface area (Å²) < 4.78 is 9.86. The summed E-state index contributed by atoms with van der Waals surface area (Å²) in [5.41, 5.74) is 2.87. The normalized spacial score (nSPS) is 13.3. The summed E-state index contributed by atoms with van der Waals surface area (Å²) in [6.45, 7) is 0. The maximum Gasteiger partial charge on any atom is 0.355 e. The van der Waals surface area contributed by atoms with Crippen molar-refractivity contribution in [2.24, 2.45) is 0 Å². The van der Waals surface area contributed by atoms with Crippen LogP contribution in [0.15, 0.2) is 89.1 Å². The van der Waals surface area contributed by atoms with Crippen molar-refractivity contribution in [1.29, 1.82) is 0 Å². The van der Waals surface area contributed by atoms with Crippen molar-refractivity contribution >= 4 is 29.4 Å². The van der Waals surface area contributed by atoms with Gasteiger partial charge in [-0.15, -0.1) is 11.8 Å². The number of nitrogens with zero attached hydrogens (tertiary/aromatic N) is 1. The van der Waals surface area contributed by atoms with Gasteiger partial charge >= 0.3 is 11.9 Å². The fraction of sp³-hybridized carbons (Fsp3) is 0.130. The van der Waals surface area contributed by atoms with Crippen molar-refractivity contribution in [3.05, 3.63) is 84.2 Å². The predicted octanol–water partition coefficient (Wildman–Crippen LogP) is 4.57. The maximum absolute atomic E-state index is 12.7. The zero-order chi connectivity index (χ0) is 20.8. The van der Waals surface area contributed by atoms with Gasteiger partial charge in [-0.2, -0.15) is 0 Å². The minimum absolute atomic E-state index is 0.0949. The van der Waals surface area contributed by atoms with Crippen LogP contribution in [0.4, 0.5) is 5.69 Å². The Kier molecular flexibility index (Phi) is 6.57. The Labute approximate surface area is 174 Å². The Bertz CT molecular complexity index is 1010. The molecule has 0 bridgehead atoms. The lowest BCUT2D eigenvalue weighted by atomic mass is 10.0. The van der Waals surface area contributed by atoms with E-state index < -0.39 is 11.9 Å². The van der Waals surface area contributed by atoms with Gasteiger partial charge in [0.15, 0.2) is 0 Å². The molecule has 0 radical (unpaired) electrons. The van der Waals surface area contributed by atoms with Crippen molar-refractivity contribution in [3.8, 4) is 11.1 Å². The quantitative estimate of drug-likeness (QED) is 0.535. The molecule has 0 aromatic heterocycles. The molecule has 0 N–H and O–H groups in total. The van der Waals surface area contributed by atoms with Gasteiger partial charge in [0.05, 0.1) is 25.5 Å². The Hall–Kier alpha value is -3.25. The molecular formula is C23H21NO4S. The first-order valence-corrected chi connectivity index (χ1v) is 10.1. The third-order valence-corrected chi connectivity index (χ3v) is 5.20. The summed E-state index contributed by atoms with van der Waals surface area (Å²) in [6.07, 6.45) is 8.75. The van der Waals surface area contributed by atoms with E-state index in [1.165, 1.54) is 14.2 Å². The molecule has 0 saturated heterocycles. The molecule has 2 aromatic carbocycles. The van der Waals surface area contributed by atoms with Crippen LogP contribution >= 0.6 is 11.8 Å². The van der Waals surface area contributed by atoms with Crippen LogP contribution in [-0.2, 0) is 19.1 Å². The number of thioether (sulfide) groups is 1. The molecule has 0 aliphatic carbocycles. The topological polar surface area (TPSA) is 55.8 Å². The Morgan fingerprint density at radius 3 is 2.24 bits per heavy atom. The molecule has 0 spiro atoms. The van der Waals surface area contributed by atoms with E-state index in [0.717, 1.165) is 21.7 Å². The lowest BCUT2D eigenvalue weighted by Crippen LogP contribution is -2.27. The first kappa shape index (κ1) is 20.5. The van der Waals surface area contributed by atoms with Gasteiger partial charge < -0.3 is 14.4 Å². The van der Waals surface area contributed by atoms with Gasteiger partial charge in [0.1, 0.15) is 5.70 Å². The van der Waals surface area contributed by atoms with Crippen LogP contribution in [-0.4, -0.2) is 32.4 Å². The summed E-state index contributed by atoms with van der Waals surface area (Å²) in [7, 11) is 2.57. The highest BCUT2D eigenvalue weighted by Gasteiger charge is 2.28. The second-order valence-electron chi connectivity index (χ2n) is 6.06. The number of para-hydroxylation sites is 1. The highest BCUT2D eigenvalue weighted by molar-refractivity contribution is 7.98. The smallest absolute Gasteiger partial charge is 0.355 e. The first-order valence-electron chi connectivity index (χ1n) is 8.89. The van der Waals surface area contributed by atoms with Crippen LogP contribution < -0.4 is 4.90 Å². The van der Waals surface area contributed by atoms with Crippen molar-refractivity contribution in [2.45, 2.75) is 4.90 Å². The largest absolute Gasteiger partial charge is 0.465 e. The van der Waals surface area contributed by atoms with Crippen LogP contribution in [0.5, 0.6) is 0 Å². The molecule has 6 heteroatoms. The van der Waals surface area contributed by atoms with E-state index in [-0.39, 0.29) is 11.3 Å². The summed E-state index contributed by atoms with van der Waals surface area (Å²) in [4.78, 5) is 27.8. The standard InChI is InChI=1S/C23H21NO4S/c1-27-22(25)19-9-6-7-15-24(21(19)23(26)28-2)20-10-5-4-8-18(20)16-11-13-17(29-3)14-12-16/h4-15H,1-3H3. The number of methoxy groups -OCH3 is 2. The SMILES string of the molecule is COC(=O)C1=C(C(=O)OC)N(c2ccccc2-c2ccc(SC)cc2)C=CC=C1. The minimum atomic E-state index is -0.630. The molecule has 1 heterocycles. The molecule has 1 aliphatic heterocycles. The number of carbonyl (C=O) groups excluding carboxylic acids is 2. The Morgan fingerprint density at radius 1 is 0.897 bits per heavy atom. The average molecular weight is 407 g/mol. The number of hydrogen-bond acceptors (Lipinski definition) is 6. The molecule has 5 nitrogen and oxygen atoms in total. The lowest BCUT2D eigenvalue weighted by molar-refractivity contribution is -0.139. The van der Waals surface area contributed by atoms with Crippen molar-refractivity contribution in [3.63, 3.8) is 0 Å². The molecule has 0 atom stereocenters. The molecule has 0 saturated carbocycles. The molecule has 29 heavy (non-hydrogen) atoms. The first-order chi connectivity index (χ1) is 14.1. The average Bonchev–Trinajstić information content (AvgIpc) is 3.01. The molecule has 148 valence electrons. The Morgan fingerprint density at radius 2 is 1.59 bits per heavy atom. The highest BCUT2D eigenvalue weighted by atomic mass is 32.2. The number of allylic oxidation sites excluding steroid dienone is 2. The van der Waals surface area contributed by atoms with E-state index in [0.29, 0.717) is 0 Å². The number of carbonyl (C=O) groups is 2. The second-order valence-corrected chi connectivity index (χ2v) is 6.94. The van der Waals surface area contributed by atoms with Crippen molar-refractivity contribution < 1.29 is 19.1 Å². The predicted molar refractivity (Wildman–Crippen MR) is 115 cm³/mol. The van der Waals surface area contributed by atoms with Gasteiger partial charge in [0.25, 0.3) is 0 Å². The van der Waals surface area contributed by atoms with Gasteiger partial charge in [0.2, 0.25) is 0 Å². The zero-order valence-electron chi connectivity index (χ0n) is 16.4. The third-order valence-electron chi connectivity index (χ3n) is 4.45. The molecule has 0 unspecified atom stereocenters. The number of esters is 2. The van der Waals surface area contributed by atoms with Crippen LogP contribution in [0.25, 0.3) is 11.1 Å². The van der Waals surface area contributed by atoms with E-state index in [1.807, 2.05) is 54.8 Å². The van der Waals surface area contributed by atoms with E-state index in [4.69, 9.17) is 9.47 Å². The zero-order valence-corrected chi connectivity index (χ0v) is 17.2. The molecule has 2 aromatic rings. The Balaban J connectivity index is 2.20. The summed E-state index contributed by atoms with van der Waals surface area (Å²) in [6, 6.07) is 15.9. The summed E-state index contributed by atoms with van der Waals surface area (Å²) >= 11 is 1.67. The molecule has 0 fully saturated rings. The fourth-order valence-electron chi connectivity index (χ4n) is 3.05. The van der Waals surface area contributed by atoms with Gasteiger partial charge in [0, 0.05) is 16.7 Å². The van der Waals surface area contributed by atoms with Crippen LogP contribution in [0.1, 0.15) is 0 Å². The van der Waals surface area contributed by atoms with Crippen LogP contribution in [0, 0.1) is 0 Å². The third kappa shape index (κ3) is 4.27. The number of hydrogen-bond donors (Lipinski definition) is 0. The van der Waals surface area contributed by atoms with Gasteiger partial charge in [-0.3, -0.25) is 0 Å². The number of benzene rings is 2.